The number of aryl methyl sites for hydroxylation is 1. The minimum absolute atomic E-state index is 0.214. The maximum Gasteiger partial charge on any atom is 0.258 e. The Kier molecular flexibility index (Phi) is 3.69. The lowest BCUT2D eigenvalue weighted by Gasteiger charge is -1.99. The average Bonchev–Trinajstić information content (AvgIpc) is 2.81. The van der Waals surface area contributed by atoms with Gasteiger partial charge in [0.25, 0.3) is 5.89 Å². The summed E-state index contributed by atoms with van der Waals surface area (Å²) in [6.07, 6.45) is 0.759. The van der Waals surface area contributed by atoms with Crippen LogP contribution in [0.25, 0.3) is 11.5 Å². The van der Waals surface area contributed by atoms with Gasteiger partial charge in [0.15, 0.2) is 5.82 Å². The van der Waals surface area contributed by atoms with Gasteiger partial charge in [-0.1, -0.05) is 29.7 Å². The zero-order valence-electron chi connectivity index (χ0n) is 9.58. The summed E-state index contributed by atoms with van der Waals surface area (Å²) in [6, 6.07) is 5.62. The predicted molar refractivity (Wildman–Crippen MR) is 68.4 cm³/mol. The Hall–Kier alpha value is -1.06. The van der Waals surface area contributed by atoms with Crippen molar-refractivity contribution in [2.75, 3.05) is 0 Å². The van der Waals surface area contributed by atoms with Crippen LogP contribution in [0.4, 0.5) is 0 Å². The smallest absolute Gasteiger partial charge is 0.258 e. The number of rotatable bonds is 3. The molecule has 0 aliphatic carbocycles. The number of aromatic nitrogens is 2. The summed E-state index contributed by atoms with van der Waals surface area (Å²) < 4.78 is 5.16. The van der Waals surface area contributed by atoms with Crippen molar-refractivity contribution >= 4 is 23.2 Å². The first-order valence-electron chi connectivity index (χ1n) is 5.36. The Morgan fingerprint density at radius 3 is 2.82 bits per heavy atom. The van der Waals surface area contributed by atoms with Crippen LogP contribution in [-0.4, -0.2) is 10.1 Å². The molecule has 2 rings (SSSR count). The third-order valence-corrected chi connectivity index (χ3v) is 3.41. The van der Waals surface area contributed by atoms with Gasteiger partial charge in [-0.25, -0.2) is 0 Å². The Bertz CT molecular complexity index is 525. The zero-order valence-corrected chi connectivity index (χ0v) is 11.1. The fourth-order valence-electron chi connectivity index (χ4n) is 1.39. The summed E-state index contributed by atoms with van der Waals surface area (Å²) in [5, 5.41) is 4.32. The van der Waals surface area contributed by atoms with Gasteiger partial charge in [0.1, 0.15) is 0 Å². The van der Waals surface area contributed by atoms with Crippen LogP contribution in [0.1, 0.15) is 30.1 Å². The molecule has 1 atom stereocenters. The molecule has 2 aromatic rings. The van der Waals surface area contributed by atoms with E-state index in [-0.39, 0.29) is 5.38 Å². The van der Waals surface area contributed by atoms with E-state index < -0.39 is 0 Å². The molecular formula is C12H12Cl2N2O. The maximum absolute atomic E-state index is 6.04. The van der Waals surface area contributed by atoms with Crippen LogP contribution in [0.3, 0.4) is 0 Å². The molecule has 0 aliphatic heterocycles. The lowest BCUT2D eigenvalue weighted by atomic mass is 10.1. The van der Waals surface area contributed by atoms with Crippen LogP contribution < -0.4 is 0 Å². The van der Waals surface area contributed by atoms with Crippen molar-refractivity contribution in [2.45, 2.75) is 25.6 Å². The van der Waals surface area contributed by atoms with Crippen molar-refractivity contribution < 1.29 is 4.52 Å². The second-order valence-corrected chi connectivity index (χ2v) is 4.73. The summed E-state index contributed by atoms with van der Waals surface area (Å²) in [4.78, 5) is 4.25. The molecule has 3 nitrogen and oxygen atoms in total. The average molecular weight is 271 g/mol. The monoisotopic (exact) mass is 270 g/mol. The fraction of sp³-hybridized carbons (Fsp3) is 0.333. The minimum atomic E-state index is -0.214. The summed E-state index contributed by atoms with van der Waals surface area (Å²) in [6.45, 7) is 3.91. The summed E-state index contributed by atoms with van der Waals surface area (Å²) in [5.41, 5.74) is 1.82. The quantitative estimate of drug-likeness (QED) is 0.777. The number of benzene rings is 1. The van der Waals surface area contributed by atoms with Crippen LogP contribution in [0.2, 0.25) is 5.02 Å². The van der Waals surface area contributed by atoms with Gasteiger partial charge in [-0.05, 0) is 31.0 Å². The molecule has 0 radical (unpaired) electrons. The van der Waals surface area contributed by atoms with Gasteiger partial charge in [-0.3, -0.25) is 0 Å². The van der Waals surface area contributed by atoms with Gasteiger partial charge in [0.2, 0.25) is 0 Å². The molecule has 17 heavy (non-hydrogen) atoms. The molecule has 0 aliphatic rings. The topological polar surface area (TPSA) is 38.9 Å². The van der Waals surface area contributed by atoms with Gasteiger partial charge in [-0.15, -0.1) is 11.6 Å². The van der Waals surface area contributed by atoms with Crippen molar-refractivity contribution in [3.63, 3.8) is 0 Å². The normalized spacial score (nSPS) is 12.7. The molecular weight excluding hydrogens is 259 g/mol. The van der Waals surface area contributed by atoms with E-state index in [9.17, 15) is 0 Å². The zero-order chi connectivity index (χ0) is 12.4. The summed E-state index contributed by atoms with van der Waals surface area (Å²) in [5.74, 6) is 0.960. The molecule has 5 heteroatoms. The van der Waals surface area contributed by atoms with Gasteiger partial charge in [0, 0.05) is 10.6 Å². The molecule has 1 aromatic carbocycles. The van der Waals surface area contributed by atoms with E-state index in [1.165, 1.54) is 0 Å². The first-order valence-corrected chi connectivity index (χ1v) is 6.17. The highest BCUT2D eigenvalue weighted by atomic mass is 35.5. The Balaban J connectivity index is 2.33. The van der Waals surface area contributed by atoms with Crippen LogP contribution in [0.15, 0.2) is 22.7 Å². The van der Waals surface area contributed by atoms with E-state index in [2.05, 4.69) is 10.1 Å². The molecule has 0 spiro atoms. The lowest BCUT2D eigenvalue weighted by molar-refractivity contribution is 0.421. The van der Waals surface area contributed by atoms with Gasteiger partial charge < -0.3 is 4.52 Å². The second-order valence-electron chi connectivity index (χ2n) is 3.80. The molecule has 0 saturated heterocycles. The standard InChI is InChI=1S/C12H12Cl2N2O/c1-3-9(13)11-15-12(17-16-11)8-5-4-7(2)10(14)6-8/h4-6,9H,3H2,1-2H3. The van der Waals surface area contributed by atoms with Gasteiger partial charge in [-0.2, -0.15) is 4.98 Å². The maximum atomic E-state index is 6.04. The number of nitrogens with zero attached hydrogens (tertiary/aromatic N) is 2. The molecule has 0 saturated carbocycles. The van der Waals surface area contributed by atoms with Crippen molar-refractivity contribution in [1.82, 2.24) is 10.1 Å². The minimum Gasteiger partial charge on any atom is -0.334 e. The summed E-state index contributed by atoms with van der Waals surface area (Å²) >= 11 is 12.1. The van der Waals surface area contributed by atoms with Gasteiger partial charge >= 0.3 is 0 Å². The van der Waals surface area contributed by atoms with Crippen LogP contribution in [-0.2, 0) is 0 Å². The number of hydrogen-bond donors (Lipinski definition) is 0. The highest BCUT2D eigenvalue weighted by Gasteiger charge is 2.15. The molecule has 0 fully saturated rings. The van der Waals surface area contributed by atoms with E-state index in [0.29, 0.717) is 16.7 Å². The molecule has 0 N–H and O–H groups in total. The Labute approximate surface area is 110 Å². The first kappa shape index (κ1) is 12.4. The Morgan fingerprint density at radius 2 is 2.18 bits per heavy atom. The molecule has 1 aromatic heterocycles. The predicted octanol–water partition coefficient (Wildman–Crippen LogP) is 4.39. The highest BCUT2D eigenvalue weighted by molar-refractivity contribution is 6.31. The lowest BCUT2D eigenvalue weighted by Crippen LogP contribution is -1.90. The van der Waals surface area contributed by atoms with Crippen molar-refractivity contribution in [2.24, 2.45) is 0 Å². The number of alkyl halides is 1. The largest absolute Gasteiger partial charge is 0.334 e. The van der Waals surface area contributed by atoms with Crippen molar-refractivity contribution in [3.8, 4) is 11.5 Å². The third kappa shape index (κ3) is 2.61. The molecule has 1 heterocycles. The van der Waals surface area contributed by atoms with E-state index in [0.717, 1.165) is 17.5 Å². The van der Waals surface area contributed by atoms with Crippen LogP contribution in [0, 0.1) is 6.92 Å². The highest BCUT2D eigenvalue weighted by Crippen LogP contribution is 2.27. The fourth-order valence-corrected chi connectivity index (χ4v) is 1.66. The first-order chi connectivity index (χ1) is 8.11. The Morgan fingerprint density at radius 1 is 1.41 bits per heavy atom. The number of hydrogen-bond acceptors (Lipinski definition) is 3. The van der Waals surface area contributed by atoms with Crippen LogP contribution in [0.5, 0.6) is 0 Å². The summed E-state index contributed by atoms with van der Waals surface area (Å²) in [7, 11) is 0. The molecule has 1 unspecified atom stereocenters. The second kappa shape index (κ2) is 5.07. The number of halogens is 2. The van der Waals surface area contributed by atoms with Crippen LogP contribution >= 0.6 is 23.2 Å². The van der Waals surface area contributed by atoms with E-state index in [1.54, 1.807) is 0 Å². The molecule has 0 bridgehead atoms. The van der Waals surface area contributed by atoms with E-state index in [1.807, 2.05) is 32.0 Å². The van der Waals surface area contributed by atoms with E-state index in [4.69, 9.17) is 27.7 Å². The SMILES string of the molecule is CCC(Cl)c1noc(-c2ccc(C)c(Cl)c2)n1. The van der Waals surface area contributed by atoms with E-state index >= 15 is 0 Å². The molecule has 90 valence electrons. The van der Waals surface area contributed by atoms with Crippen molar-refractivity contribution in [3.05, 3.63) is 34.6 Å². The van der Waals surface area contributed by atoms with Crippen molar-refractivity contribution in [1.29, 1.82) is 0 Å². The third-order valence-electron chi connectivity index (χ3n) is 2.50. The van der Waals surface area contributed by atoms with Gasteiger partial charge in [0.05, 0.1) is 5.38 Å². The molecule has 0 amide bonds.